The lowest BCUT2D eigenvalue weighted by Crippen LogP contribution is -2.33. The number of benzene rings is 1. The first kappa shape index (κ1) is 19.4. The van der Waals surface area contributed by atoms with E-state index in [1.54, 1.807) is 30.9 Å². The second kappa shape index (κ2) is 8.22. The Bertz CT molecular complexity index is 1250. The minimum Gasteiger partial charge on any atom is -0.354 e. The van der Waals surface area contributed by atoms with Crippen LogP contribution < -0.4 is 10.9 Å². The minimum absolute atomic E-state index is 0.0607. The normalized spacial score (nSPS) is 11.2. The maximum atomic E-state index is 12.7. The standard InChI is InChI=1S/C19H17ClN6O2S/c1-12-23-19-22-10-15-16(26(19)24-12)6-8-25(18(15)28)11-17(27)21-7-9-29-14-4-2-13(20)3-5-14/h2-6,8,10H,7,9,11H2,1H3,(H,21,27). The molecule has 8 nitrogen and oxygen atoms in total. The third-order valence-corrected chi connectivity index (χ3v) is 5.50. The van der Waals surface area contributed by atoms with E-state index in [1.165, 1.54) is 15.3 Å². The van der Waals surface area contributed by atoms with Gasteiger partial charge in [-0.05, 0) is 37.3 Å². The van der Waals surface area contributed by atoms with Gasteiger partial charge in [-0.15, -0.1) is 16.9 Å². The van der Waals surface area contributed by atoms with Gasteiger partial charge in [0.05, 0.1) is 10.9 Å². The Hall–Kier alpha value is -2.91. The van der Waals surface area contributed by atoms with Crippen LogP contribution in [0.3, 0.4) is 0 Å². The van der Waals surface area contributed by atoms with Crippen LogP contribution in [-0.2, 0) is 11.3 Å². The molecular formula is C19H17ClN6O2S. The minimum atomic E-state index is -0.296. The van der Waals surface area contributed by atoms with E-state index in [4.69, 9.17) is 11.6 Å². The van der Waals surface area contributed by atoms with E-state index in [1.807, 2.05) is 24.3 Å². The fraction of sp³-hybridized carbons (Fsp3) is 0.211. The lowest BCUT2D eigenvalue weighted by molar-refractivity contribution is -0.121. The SMILES string of the molecule is Cc1nc2ncc3c(=O)n(CC(=O)NCCSc4ccc(Cl)cc4)ccc3n2n1. The molecule has 0 saturated heterocycles. The molecule has 4 rings (SSSR count). The average molecular weight is 429 g/mol. The van der Waals surface area contributed by atoms with Crippen LogP contribution in [0.15, 0.2) is 52.4 Å². The Morgan fingerprint density at radius 2 is 2.03 bits per heavy atom. The molecule has 1 N–H and O–H groups in total. The molecule has 0 aliphatic carbocycles. The number of amides is 1. The number of carbonyl (C=O) groups is 1. The van der Waals surface area contributed by atoms with Gasteiger partial charge in [0.15, 0.2) is 0 Å². The molecule has 1 aromatic carbocycles. The van der Waals surface area contributed by atoms with Gasteiger partial charge in [0.25, 0.3) is 11.3 Å². The van der Waals surface area contributed by atoms with Gasteiger partial charge < -0.3 is 9.88 Å². The zero-order valence-electron chi connectivity index (χ0n) is 15.5. The molecule has 0 aliphatic heterocycles. The van der Waals surface area contributed by atoms with Gasteiger partial charge >= 0.3 is 0 Å². The van der Waals surface area contributed by atoms with Crippen molar-refractivity contribution in [3.05, 3.63) is 63.9 Å². The predicted molar refractivity (Wildman–Crippen MR) is 112 cm³/mol. The van der Waals surface area contributed by atoms with Crippen molar-refractivity contribution >= 4 is 46.0 Å². The van der Waals surface area contributed by atoms with E-state index < -0.39 is 0 Å². The third-order valence-electron chi connectivity index (χ3n) is 4.23. The Morgan fingerprint density at radius 3 is 2.83 bits per heavy atom. The third kappa shape index (κ3) is 4.25. The van der Waals surface area contributed by atoms with Gasteiger partial charge in [-0.2, -0.15) is 9.50 Å². The predicted octanol–water partition coefficient (Wildman–Crippen LogP) is 2.31. The van der Waals surface area contributed by atoms with Crippen LogP contribution in [0, 0.1) is 6.92 Å². The molecule has 148 valence electrons. The number of aromatic nitrogens is 5. The monoisotopic (exact) mass is 428 g/mol. The van der Waals surface area contributed by atoms with E-state index in [0.29, 0.717) is 39.8 Å². The van der Waals surface area contributed by atoms with Gasteiger partial charge in [-0.3, -0.25) is 9.59 Å². The molecule has 3 heterocycles. The molecule has 1 amide bonds. The van der Waals surface area contributed by atoms with Crippen molar-refractivity contribution in [1.82, 2.24) is 29.5 Å². The van der Waals surface area contributed by atoms with Crippen LogP contribution >= 0.6 is 23.4 Å². The topological polar surface area (TPSA) is 94.2 Å². The maximum Gasteiger partial charge on any atom is 0.262 e. The highest BCUT2D eigenvalue weighted by molar-refractivity contribution is 7.99. The molecule has 0 radical (unpaired) electrons. The van der Waals surface area contributed by atoms with E-state index in [9.17, 15) is 9.59 Å². The van der Waals surface area contributed by atoms with Crippen molar-refractivity contribution in [2.45, 2.75) is 18.4 Å². The average Bonchev–Trinajstić information content (AvgIpc) is 3.09. The van der Waals surface area contributed by atoms with E-state index >= 15 is 0 Å². The number of aryl methyl sites for hydroxylation is 1. The summed E-state index contributed by atoms with van der Waals surface area (Å²) in [5.41, 5.74) is 0.312. The van der Waals surface area contributed by atoms with Crippen molar-refractivity contribution in [2.24, 2.45) is 0 Å². The largest absolute Gasteiger partial charge is 0.354 e. The molecule has 29 heavy (non-hydrogen) atoms. The molecule has 4 aromatic rings. The second-order valence-corrected chi connectivity index (χ2v) is 7.93. The number of thioether (sulfide) groups is 1. The summed E-state index contributed by atoms with van der Waals surface area (Å²) < 4.78 is 2.89. The Morgan fingerprint density at radius 1 is 1.24 bits per heavy atom. The van der Waals surface area contributed by atoms with E-state index in [2.05, 4.69) is 20.4 Å². The Balaban J connectivity index is 1.40. The Kier molecular flexibility index (Phi) is 5.50. The summed E-state index contributed by atoms with van der Waals surface area (Å²) in [4.78, 5) is 34.4. The zero-order valence-corrected chi connectivity index (χ0v) is 17.1. The van der Waals surface area contributed by atoms with Gasteiger partial charge in [0.2, 0.25) is 5.91 Å². The zero-order chi connectivity index (χ0) is 20.4. The molecule has 0 saturated carbocycles. The van der Waals surface area contributed by atoms with Gasteiger partial charge in [-0.1, -0.05) is 11.6 Å². The number of nitrogens with zero attached hydrogens (tertiary/aromatic N) is 5. The van der Waals surface area contributed by atoms with Crippen LogP contribution in [0.4, 0.5) is 0 Å². The molecule has 0 aliphatic rings. The molecule has 10 heteroatoms. The molecule has 0 bridgehead atoms. The summed E-state index contributed by atoms with van der Waals surface area (Å²) in [6.07, 6.45) is 3.06. The summed E-state index contributed by atoms with van der Waals surface area (Å²) in [6, 6.07) is 9.27. The summed E-state index contributed by atoms with van der Waals surface area (Å²) in [5, 5.41) is 8.17. The fourth-order valence-electron chi connectivity index (χ4n) is 2.88. The number of hydrogen-bond acceptors (Lipinski definition) is 6. The lowest BCUT2D eigenvalue weighted by atomic mass is 10.3. The molecule has 0 spiro atoms. The fourth-order valence-corrected chi connectivity index (χ4v) is 3.78. The number of nitrogens with one attached hydrogen (secondary N) is 1. The second-order valence-electron chi connectivity index (χ2n) is 6.33. The van der Waals surface area contributed by atoms with Crippen molar-refractivity contribution in [3.63, 3.8) is 0 Å². The van der Waals surface area contributed by atoms with Crippen LogP contribution in [0.1, 0.15) is 5.82 Å². The first-order chi connectivity index (χ1) is 14.0. The Labute approximate surface area is 174 Å². The molecule has 3 aromatic heterocycles. The van der Waals surface area contributed by atoms with Crippen molar-refractivity contribution in [1.29, 1.82) is 0 Å². The number of carbonyl (C=O) groups excluding carboxylic acids is 1. The lowest BCUT2D eigenvalue weighted by Gasteiger charge is -2.09. The molecule has 0 fully saturated rings. The van der Waals surface area contributed by atoms with E-state index in [0.717, 1.165) is 4.90 Å². The first-order valence-corrected chi connectivity index (χ1v) is 10.2. The van der Waals surface area contributed by atoms with Crippen LogP contribution in [0.2, 0.25) is 5.02 Å². The maximum absolute atomic E-state index is 12.7. The van der Waals surface area contributed by atoms with Crippen LogP contribution in [-0.4, -0.2) is 42.4 Å². The highest BCUT2D eigenvalue weighted by Gasteiger charge is 2.11. The quantitative estimate of drug-likeness (QED) is 0.374. The number of halogens is 1. The summed E-state index contributed by atoms with van der Waals surface area (Å²) in [7, 11) is 0. The summed E-state index contributed by atoms with van der Waals surface area (Å²) in [5.74, 6) is 1.50. The van der Waals surface area contributed by atoms with Crippen molar-refractivity contribution in [3.8, 4) is 0 Å². The van der Waals surface area contributed by atoms with Gasteiger partial charge in [0.1, 0.15) is 12.4 Å². The van der Waals surface area contributed by atoms with Crippen molar-refractivity contribution < 1.29 is 4.79 Å². The summed E-state index contributed by atoms with van der Waals surface area (Å²) in [6.45, 7) is 2.20. The number of rotatable bonds is 6. The number of pyridine rings is 1. The van der Waals surface area contributed by atoms with Crippen molar-refractivity contribution in [2.75, 3.05) is 12.3 Å². The van der Waals surface area contributed by atoms with E-state index in [-0.39, 0.29) is 18.0 Å². The van der Waals surface area contributed by atoms with Crippen LogP contribution in [0.25, 0.3) is 16.7 Å². The molecule has 0 atom stereocenters. The van der Waals surface area contributed by atoms with Gasteiger partial charge in [0, 0.05) is 34.6 Å². The number of fused-ring (bicyclic) bond motifs is 3. The number of hydrogen-bond donors (Lipinski definition) is 1. The smallest absolute Gasteiger partial charge is 0.262 e. The van der Waals surface area contributed by atoms with Crippen LogP contribution in [0.5, 0.6) is 0 Å². The first-order valence-electron chi connectivity index (χ1n) is 8.88. The van der Waals surface area contributed by atoms with Gasteiger partial charge in [-0.25, -0.2) is 4.98 Å². The highest BCUT2D eigenvalue weighted by Crippen LogP contribution is 2.19. The highest BCUT2D eigenvalue weighted by atomic mass is 35.5. The summed E-state index contributed by atoms with van der Waals surface area (Å²) >= 11 is 7.48. The molecule has 0 unspecified atom stereocenters. The molecular weight excluding hydrogens is 412 g/mol.